The molecule has 2 heterocycles. The lowest BCUT2D eigenvalue weighted by Crippen LogP contribution is -2.36. The fraction of sp³-hybridized carbons (Fsp3) is 0.250. The zero-order valence-electron chi connectivity index (χ0n) is 16.2. The topological polar surface area (TPSA) is 80.3 Å². The van der Waals surface area contributed by atoms with E-state index in [9.17, 15) is 0 Å². The van der Waals surface area contributed by atoms with E-state index in [1.54, 1.807) is 0 Å². The van der Waals surface area contributed by atoms with Crippen molar-refractivity contribution in [3.8, 4) is 0 Å². The summed E-state index contributed by atoms with van der Waals surface area (Å²) < 4.78 is 0. The van der Waals surface area contributed by atoms with Gasteiger partial charge in [-0.2, -0.15) is 0 Å². The standard InChI is InChI=1S/C24H22N4/c1-23-11-17-19(21(25)13-7-3-5-9-15(13)27-17)24(23,2)20-18(12-23)28-16-10-6-4-8-14(16)22(20)26/h3-10H,11-12H2,1-2H3,(H2,25,27)(H2,26,28)/p+2. The van der Waals surface area contributed by atoms with Crippen molar-refractivity contribution in [1.82, 2.24) is 0 Å². The van der Waals surface area contributed by atoms with Crippen LogP contribution in [0.2, 0.25) is 0 Å². The van der Waals surface area contributed by atoms with Crippen molar-refractivity contribution in [1.29, 1.82) is 0 Å². The fourth-order valence-corrected chi connectivity index (χ4v) is 6.03. The van der Waals surface area contributed by atoms with Crippen LogP contribution in [0.25, 0.3) is 21.8 Å². The molecular weight excluding hydrogens is 344 g/mol. The maximum absolute atomic E-state index is 6.82. The molecule has 4 aromatic rings. The highest BCUT2D eigenvalue weighted by Crippen LogP contribution is 2.63. The number of hydrogen-bond donors (Lipinski definition) is 2. The van der Waals surface area contributed by atoms with E-state index in [0.717, 1.165) is 46.0 Å². The van der Waals surface area contributed by atoms with Gasteiger partial charge in [-0.1, -0.05) is 38.1 Å². The first-order valence-electron chi connectivity index (χ1n) is 9.90. The van der Waals surface area contributed by atoms with Gasteiger partial charge in [0.2, 0.25) is 11.0 Å². The summed E-state index contributed by atoms with van der Waals surface area (Å²) in [6, 6.07) is 16.6. The summed E-state index contributed by atoms with van der Waals surface area (Å²) in [5.74, 6) is 0. The average Bonchev–Trinajstić information content (AvgIpc) is 3.02. The molecule has 0 spiro atoms. The molecule has 2 aromatic carbocycles. The van der Waals surface area contributed by atoms with Gasteiger partial charge in [0.05, 0.1) is 33.3 Å². The molecule has 6 rings (SSSR count). The Morgan fingerprint density at radius 3 is 1.61 bits per heavy atom. The van der Waals surface area contributed by atoms with E-state index in [1.165, 1.54) is 22.5 Å². The maximum atomic E-state index is 6.82. The number of hydrogen-bond acceptors (Lipinski definition) is 2. The molecule has 0 saturated heterocycles. The van der Waals surface area contributed by atoms with E-state index < -0.39 is 0 Å². The van der Waals surface area contributed by atoms with Gasteiger partial charge in [-0.15, -0.1) is 0 Å². The van der Waals surface area contributed by atoms with E-state index in [2.05, 4.69) is 60.2 Å². The van der Waals surface area contributed by atoms with Crippen LogP contribution >= 0.6 is 0 Å². The molecule has 2 aliphatic carbocycles. The lowest BCUT2D eigenvalue weighted by atomic mass is 9.65. The number of H-pyrrole nitrogens is 2. The van der Waals surface area contributed by atoms with Gasteiger partial charge in [0.15, 0.2) is 11.4 Å². The number of nitrogens with two attached hydrogens (primary N) is 2. The largest absolute Gasteiger partial charge is 0.398 e. The minimum atomic E-state index is -0.229. The van der Waals surface area contributed by atoms with Gasteiger partial charge >= 0.3 is 0 Å². The summed E-state index contributed by atoms with van der Waals surface area (Å²) in [4.78, 5) is 7.37. The molecule has 138 valence electrons. The van der Waals surface area contributed by atoms with Crippen LogP contribution in [-0.4, -0.2) is 0 Å². The molecule has 0 atom stereocenters. The lowest BCUT2D eigenvalue weighted by molar-refractivity contribution is -0.361. The molecule has 0 aliphatic heterocycles. The van der Waals surface area contributed by atoms with Gasteiger partial charge < -0.3 is 11.5 Å². The van der Waals surface area contributed by atoms with E-state index in [1.807, 2.05) is 12.1 Å². The molecule has 0 unspecified atom stereocenters. The van der Waals surface area contributed by atoms with E-state index >= 15 is 0 Å². The maximum Gasteiger partial charge on any atom is 0.213 e. The third kappa shape index (κ3) is 1.63. The highest BCUT2D eigenvalue weighted by Gasteiger charge is 2.64. The van der Waals surface area contributed by atoms with E-state index in [4.69, 9.17) is 11.5 Å². The third-order valence-corrected chi connectivity index (χ3v) is 7.49. The smallest absolute Gasteiger partial charge is 0.213 e. The molecule has 2 aromatic heterocycles. The number of rotatable bonds is 0. The molecule has 0 radical (unpaired) electrons. The van der Waals surface area contributed by atoms with Gasteiger partial charge in [-0.3, -0.25) is 0 Å². The highest BCUT2D eigenvalue weighted by atomic mass is 14.8. The number of nitrogens with one attached hydrogen (secondary N) is 2. The number of aromatic nitrogens is 2. The Hall–Kier alpha value is -3.14. The van der Waals surface area contributed by atoms with Crippen molar-refractivity contribution in [3.63, 3.8) is 0 Å². The average molecular weight is 368 g/mol. The van der Waals surface area contributed by atoms with Crippen molar-refractivity contribution in [3.05, 3.63) is 71.0 Å². The van der Waals surface area contributed by atoms with Gasteiger partial charge in [-0.25, -0.2) is 9.97 Å². The van der Waals surface area contributed by atoms with E-state index in [-0.39, 0.29) is 10.8 Å². The number of para-hydroxylation sites is 2. The van der Waals surface area contributed by atoms with E-state index in [0.29, 0.717) is 0 Å². The normalized spacial score (nSPS) is 25.1. The summed E-state index contributed by atoms with van der Waals surface area (Å²) in [5.41, 5.74) is 22.4. The number of fused-ring (bicyclic) bond motifs is 7. The van der Waals surface area contributed by atoms with Crippen LogP contribution in [0.15, 0.2) is 48.5 Å². The van der Waals surface area contributed by atoms with Crippen LogP contribution in [0.1, 0.15) is 36.4 Å². The second-order valence-electron chi connectivity index (χ2n) is 8.91. The zero-order valence-corrected chi connectivity index (χ0v) is 16.2. The second-order valence-corrected chi connectivity index (χ2v) is 8.91. The van der Waals surface area contributed by atoms with Crippen LogP contribution in [0, 0.1) is 5.41 Å². The SMILES string of the molecule is CC12Cc3[nH+]c4ccccc4c(N)c3C1(C)c1c([nH+]c3ccccc3c1N)C2. The van der Waals surface area contributed by atoms with Gasteiger partial charge in [0.25, 0.3) is 0 Å². The minimum Gasteiger partial charge on any atom is -0.398 e. The van der Waals surface area contributed by atoms with Crippen LogP contribution in [0.4, 0.5) is 11.4 Å². The second kappa shape index (κ2) is 4.82. The Morgan fingerprint density at radius 2 is 1.14 bits per heavy atom. The summed E-state index contributed by atoms with van der Waals surface area (Å²) >= 11 is 0. The van der Waals surface area contributed by atoms with Crippen LogP contribution in [0.3, 0.4) is 0 Å². The third-order valence-electron chi connectivity index (χ3n) is 7.49. The molecule has 4 nitrogen and oxygen atoms in total. The predicted octanol–water partition coefficient (Wildman–Crippen LogP) is 3.21. The Balaban J connectivity index is 1.75. The first-order chi connectivity index (χ1) is 13.4. The number of benzene rings is 2. The quantitative estimate of drug-likeness (QED) is 0.500. The molecule has 0 amide bonds. The van der Waals surface area contributed by atoms with Crippen molar-refractivity contribution < 1.29 is 9.97 Å². The summed E-state index contributed by atoms with van der Waals surface area (Å²) in [6.45, 7) is 4.71. The van der Waals surface area contributed by atoms with Gasteiger partial charge in [0.1, 0.15) is 0 Å². The van der Waals surface area contributed by atoms with Crippen molar-refractivity contribution in [2.24, 2.45) is 5.41 Å². The number of anilines is 2. The van der Waals surface area contributed by atoms with Crippen molar-refractivity contribution >= 4 is 33.2 Å². The summed E-state index contributed by atoms with van der Waals surface area (Å²) in [5, 5.41) is 2.17. The minimum absolute atomic E-state index is 0.0294. The molecule has 0 saturated carbocycles. The summed E-state index contributed by atoms with van der Waals surface area (Å²) in [6.07, 6.45) is 1.93. The first-order valence-corrected chi connectivity index (χ1v) is 9.90. The Bertz CT molecular complexity index is 1230. The van der Waals surface area contributed by atoms with Crippen LogP contribution < -0.4 is 21.4 Å². The van der Waals surface area contributed by atoms with Gasteiger partial charge in [0, 0.05) is 35.8 Å². The Kier molecular flexibility index (Phi) is 2.73. The molecule has 4 heteroatoms. The first kappa shape index (κ1) is 15.9. The molecule has 2 aliphatic rings. The Labute approximate surface area is 163 Å². The molecule has 0 fully saturated rings. The number of aromatic amines is 2. The molecule has 6 N–H and O–H groups in total. The number of pyridine rings is 2. The monoisotopic (exact) mass is 368 g/mol. The zero-order chi connectivity index (χ0) is 19.3. The molecular formula is C24H24N4+2. The van der Waals surface area contributed by atoms with Crippen molar-refractivity contribution in [2.45, 2.75) is 32.1 Å². The molecule has 28 heavy (non-hydrogen) atoms. The predicted molar refractivity (Wildman–Crippen MR) is 112 cm³/mol. The van der Waals surface area contributed by atoms with Gasteiger partial charge in [-0.05, 0) is 12.1 Å². The fourth-order valence-electron chi connectivity index (χ4n) is 6.03. The Morgan fingerprint density at radius 1 is 0.714 bits per heavy atom. The summed E-state index contributed by atoms with van der Waals surface area (Å²) in [7, 11) is 0. The number of nitrogen functional groups attached to an aromatic ring is 2. The van der Waals surface area contributed by atoms with Crippen molar-refractivity contribution in [2.75, 3.05) is 11.5 Å². The highest BCUT2D eigenvalue weighted by molar-refractivity contribution is 5.94. The molecule has 0 bridgehead atoms. The lowest BCUT2D eigenvalue weighted by Gasteiger charge is -2.35. The van der Waals surface area contributed by atoms with Crippen LogP contribution in [-0.2, 0) is 18.3 Å². The van der Waals surface area contributed by atoms with Crippen LogP contribution in [0.5, 0.6) is 0 Å².